The molecule has 0 bridgehead atoms. The lowest BCUT2D eigenvalue weighted by atomic mass is 9.98. The molecule has 2 N–H and O–H groups in total. The second-order valence-electron chi connectivity index (χ2n) is 5.73. The molecule has 0 aromatic heterocycles. The Morgan fingerprint density at radius 1 is 1.26 bits per heavy atom. The number of likely N-dealkylation sites (N-methyl/N-ethyl adjacent to an activating group) is 1. The Kier molecular flexibility index (Phi) is 6.58. The molecular formula is C16H23F3N2O2. The van der Waals surface area contributed by atoms with E-state index in [1.807, 2.05) is 0 Å². The number of rotatable bonds is 6. The van der Waals surface area contributed by atoms with Crippen molar-refractivity contribution in [1.29, 1.82) is 0 Å². The van der Waals surface area contributed by atoms with Gasteiger partial charge in [-0.25, -0.2) is 0 Å². The summed E-state index contributed by atoms with van der Waals surface area (Å²) in [5, 5.41) is 13.1. The van der Waals surface area contributed by atoms with Gasteiger partial charge in [-0.15, -0.1) is 0 Å². The van der Waals surface area contributed by atoms with Gasteiger partial charge in [0.2, 0.25) is 5.91 Å². The highest BCUT2D eigenvalue weighted by atomic mass is 19.4. The normalized spacial score (nSPS) is 16.0. The van der Waals surface area contributed by atoms with Crippen LogP contribution in [0, 0.1) is 0 Å². The first-order valence-corrected chi connectivity index (χ1v) is 7.40. The first-order valence-electron chi connectivity index (χ1n) is 7.40. The van der Waals surface area contributed by atoms with Crippen molar-refractivity contribution >= 4 is 5.91 Å². The van der Waals surface area contributed by atoms with Gasteiger partial charge in [-0.05, 0) is 45.1 Å². The van der Waals surface area contributed by atoms with E-state index in [0.29, 0.717) is 12.0 Å². The van der Waals surface area contributed by atoms with Crippen LogP contribution < -0.4 is 5.32 Å². The van der Waals surface area contributed by atoms with Gasteiger partial charge < -0.3 is 10.4 Å². The third kappa shape index (κ3) is 5.21. The van der Waals surface area contributed by atoms with Crippen LogP contribution in [0.3, 0.4) is 0 Å². The van der Waals surface area contributed by atoms with Crippen LogP contribution in [0.2, 0.25) is 0 Å². The molecule has 7 heteroatoms. The highest BCUT2D eigenvalue weighted by molar-refractivity contribution is 5.81. The summed E-state index contributed by atoms with van der Waals surface area (Å²) >= 11 is 0. The Labute approximate surface area is 134 Å². The number of carbonyl (C=O) groups excluding carboxylic acids is 1. The minimum absolute atomic E-state index is 0.243. The average Bonchev–Trinajstić information content (AvgIpc) is 2.50. The molecule has 2 unspecified atom stereocenters. The van der Waals surface area contributed by atoms with Gasteiger partial charge in [0, 0.05) is 0 Å². The van der Waals surface area contributed by atoms with E-state index in [2.05, 4.69) is 5.32 Å². The molecule has 1 amide bonds. The number of nitrogens with zero attached hydrogens (tertiary/aromatic N) is 1. The van der Waals surface area contributed by atoms with Gasteiger partial charge in [0.25, 0.3) is 0 Å². The van der Waals surface area contributed by atoms with Crippen molar-refractivity contribution in [1.82, 2.24) is 10.2 Å². The van der Waals surface area contributed by atoms with Crippen LogP contribution in [-0.2, 0) is 11.0 Å². The Hall–Kier alpha value is -1.60. The maximum atomic E-state index is 12.6. The Morgan fingerprint density at radius 2 is 1.78 bits per heavy atom. The third-order valence-electron chi connectivity index (χ3n) is 3.88. The van der Waals surface area contributed by atoms with Gasteiger partial charge >= 0.3 is 6.18 Å². The summed E-state index contributed by atoms with van der Waals surface area (Å²) in [5.41, 5.74) is -0.436. The van der Waals surface area contributed by atoms with E-state index in [1.165, 1.54) is 12.1 Å². The smallest absolute Gasteiger partial charge is 0.386 e. The van der Waals surface area contributed by atoms with Crippen molar-refractivity contribution in [2.75, 3.05) is 14.1 Å². The fraction of sp³-hybridized carbons (Fsp3) is 0.562. The van der Waals surface area contributed by atoms with Crippen LogP contribution in [0.15, 0.2) is 24.3 Å². The Bertz CT molecular complexity index is 515. The van der Waals surface area contributed by atoms with Crippen molar-refractivity contribution in [2.24, 2.45) is 0 Å². The van der Waals surface area contributed by atoms with Gasteiger partial charge in [0.1, 0.15) is 0 Å². The zero-order valence-corrected chi connectivity index (χ0v) is 13.7. The van der Waals surface area contributed by atoms with E-state index in [1.54, 1.807) is 32.8 Å². The summed E-state index contributed by atoms with van der Waals surface area (Å²) in [6.07, 6.45) is -5.03. The van der Waals surface area contributed by atoms with E-state index in [4.69, 9.17) is 0 Å². The van der Waals surface area contributed by atoms with E-state index in [-0.39, 0.29) is 11.9 Å². The van der Waals surface area contributed by atoms with Gasteiger partial charge in [-0.1, -0.05) is 19.1 Å². The molecule has 0 spiro atoms. The number of halogens is 3. The first-order chi connectivity index (χ1) is 10.6. The molecule has 0 aliphatic rings. The molecule has 1 aromatic rings. The monoisotopic (exact) mass is 332 g/mol. The molecule has 130 valence electrons. The van der Waals surface area contributed by atoms with Crippen LogP contribution in [0.5, 0.6) is 0 Å². The molecule has 0 saturated heterocycles. The summed E-state index contributed by atoms with van der Waals surface area (Å²) < 4.78 is 37.7. The van der Waals surface area contributed by atoms with E-state index >= 15 is 0 Å². The van der Waals surface area contributed by atoms with Crippen molar-refractivity contribution in [3.05, 3.63) is 35.4 Å². The molecule has 1 rings (SSSR count). The van der Waals surface area contributed by atoms with Gasteiger partial charge in [0.05, 0.1) is 23.8 Å². The minimum atomic E-state index is -4.41. The minimum Gasteiger partial charge on any atom is -0.386 e. The lowest BCUT2D eigenvalue weighted by molar-refractivity contribution is -0.137. The number of aliphatic hydroxyl groups excluding tert-OH is 1. The van der Waals surface area contributed by atoms with E-state index in [0.717, 1.165) is 12.1 Å². The molecule has 1 aromatic carbocycles. The zero-order chi connectivity index (χ0) is 17.8. The van der Waals surface area contributed by atoms with Crippen molar-refractivity contribution in [3.8, 4) is 0 Å². The summed E-state index contributed by atoms with van der Waals surface area (Å²) in [4.78, 5) is 13.8. The number of hydrogen-bond donors (Lipinski definition) is 2. The van der Waals surface area contributed by atoms with Crippen LogP contribution in [0.4, 0.5) is 13.2 Å². The zero-order valence-electron chi connectivity index (χ0n) is 13.7. The summed E-state index contributed by atoms with van der Waals surface area (Å²) in [6.45, 7) is 3.52. The number of amides is 1. The molecule has 0 saturated carbocycles. The third-order valence-corrected chi connectivity index (χ3v) is 3.88. The SMILES string of the molecule is CCC(NC(=O)[C@H](C)N(C)C)C(O)c1ccc(C(F)(F)F)cc1. The molecular weight excluding hydrogens is 309 g/mol. The van der Waals surface area contributed by atoms with E-state index < -0.39 is 23.9 Å². The van der Waals surface area contributed by atoms with Crippen molar-refractivity contribution < 1.29 is 23.1 Å². The van der Waals surface area contributed by atoms with Gasteiger partial charge in [-0.3, -0.25) is 9.69 Å². The largest absolute Gasteiger partial charge is 0.416 e. The molecule has 23 heavy (non-hydrogen) atoms. The second kappa shape index (κ2) is 7.79. The maximum absolute atomic E-state index is 12.6. The number of nitrogens with one attached hydrogen (secondary N) is 1. The lowest BCUT2D eigenvalue weighted by Crippen LogP contribution is -2.47. The molecule has 0 aliphatic carbocycles. The topological polar surface area (TPSA) is 52.6 Å². The van der Waals surface area contributed by atoms with Crippen LogP contribution in [-0.4, -0.2) is 42.1 Å². The quantitative estimate of drug-likeness (QED) is 0.842. The van der Waals surface area contributed by atoms with Crippen molar-refractivity contribution in [2.45, 2.75) is 44.6 Å². The molecule has 4 nitrogen and oxygen atoms in total. The number of benzene rings is 1. The average molecular weight is 332 g/mol. The first kappa shape index (κ1) is 19.4. The lowest BCUT2D eigenvalue weighted by Gasteiger charge is -2.27. The molecule has 0 fully saturated rings. The Morgan fingerprint density at radius 3 is 2.17 bits per heavy atom. The van der Waals surface area contributed by atoms with Gasteiger partial charge in [-0.2, -0.15) is 13.2 Å². The number of hydrogen-bond acceptors (Lipinski definition) is 3. The predicted octanol–water partition coefficient (Wildman–Crippen LogP) is 2.58. The van der Waals surface area contributed by atoms with Crippen LogP contribution in [0.25, 0.3) is 0 Å². The molecule has 0 radical (unpaired) electrons. The molecule has 0 aliphatic heterocycles. The summed E-state index contributed by atoms with van der Waals surface area (Å²) in [6, 6.07) is 3.38. The van der Waals surface area contributed by atoms with Crippen LogP contribution >= 0.6 is 0 Å². The molecule has 3 atom stereocenters. The number of carbonyl (C=O) groups is 1. The highest BCUT2D eigenvalue weighted by Gasteiger charge is 2.31. The predicted molar refractivity (Wildman–Crippen MR) is 81.8 cm³/mol. The number of alkyl halides is 3. The standard InChI is InChI=1S/C16H23F3N2O2/c1-5-13(20-15(23)10(2)21(3)4)14(22)11-6-8-12(9-7-11)16(17,18)19/h6-10,13-14,22H,5H2,1-4H3,(H,20,23)/t10-,13?,14?/m0/s1. The van der Waals surface area contributed by atoms with Gasteiger partial charge in [0.15, 0.2) is 0 Å². The second-order valence-corrected chi connectivity index (χ2v) is 5.73. The summed E-state index contributed by atoms with van der Waals surface area (Å²) in [7, 11) is 3.52. The van der Waals surface area contributed by atoms with Crippen molar-refractivity contribution in [3.63, 3.8) is 0 Å². The summed E-state index contributed by atoms with van der Waals surface area (Å²) in [5.74, 6) is -0.243. The highest BCUT2D eigenvalue weighted by Crippen LogP contribution is 2.30. The number of aliphatic hydroxyl groups is 1. The molecule has 0 heterocycles. The van der Waals surface area contributed by atoms with Crippen LogP contribution in [0.1, 0.15) is 37.5 Å². The van der Waals surface area contributed by atoms with E-state index in [9.17, 15) is 23.1 Å². The fourth-order valence-corrected chi connectivity index (χ4v) is 2.04. The maximum Gasteiger partial charge on any atom is 0.416 e. The fourth-order valence-electron chi connectivity index (χ4n) is 2.04. The Balaban J connectivity index is 2.84.